The van der Waals surface area contributed by atoms with Crippen LogP contribution in [-0.2, 0) is 4.79 Å². The Morgan fingerprint density at radius 3 is 2.50 bits per heavy atom. The van der Waals surface area contributed by atoms with Crippen LogP contribution in [0.15, 0.2) is 18.2 Å². The lowest BCUT2D eigenvalue weighted by Crippen LogP contribution is -2.50. The van der Waals surface area contributed by atoms with Crippen LogP contribution in [0.3, 0.4) is 0 Å². The van der Waals surface area contributed by atoms with Crippen molar-refractivity contribution in [2.75, 3.05) is 0 Å². The summed E-state index contributed by atoms with van der Waals surface area (Å²) in [6.07, 6.45) is 4.89. The fourth-order valence-corrected chi connectivity index (χ4v) is 3.45. The lowest BCUT2D eigenvalue weighted by molar-refractivity contribution is -0.127. The molecule has 0 aliphatic heterocycles. The van der Waals surface area contributed by atoms with Crippen molar-refractivity contribution in [2.45, 2.75) is 50.6 Å². The molecule has 0 bridgehead atoms. The number of benzene rings is 1. The molecule has 0 saturated heterocycles. The number of carbonyl (C=O) groups is 2. The number of nitrogens with zero attached hydrogens (tertiary/aromatic N) is 1. The number of nitriles is 1. The van der Waals surface area contributed by atoms with Gasteiger partial charge in [0.1, 0.15) is 6.04 Å². The molecule has 3 rings (SSSR count). The molecular weight excluding hydrogens is 340 g/mol. The molecule has 0 spiro atoms. The van der Waals surface area contributed by atoms with Gasteiger partial charge in [-0.2, -0.15) is 5.26 Å². The highest BCUT2D eigenvalue weighted by Crippen LogP contribution is 2.33. The van der Waals surface area contributed by atoms with Gasteiger partial charge >= 0.3 is 0 Å². The van der Waals surface area contributed by atoms with Crippen molar-refractivity contribution >= 4 is 11.8 Å². The standard InChI is InChI=1S/C19H21F2N3O2/c20-14-8-7-12(9-15(14)21)18(25)23-16-4-2-1-3-13(16)19(26)24-17(10-22)11-5-6-11/h7-9,11,13,16-17H,1-6H2,(H,23,25)(H,24,26). The number of hydrogen-bond donors (Lipinski definition) is 2. The third-order valence-corrected chi connectivity index (χ3v) is 5.13. The van der Waals surface area contributed by atoms with Crippen LogP contribution in [0.2, 0.25) is 0 Å². The lowest BCUT2D eigenvalue weighted by Gasteiger charge is -2.31. The van der Waals surface area contributed by atoms with Crippen molar-refractivity contribution in [3.63, 3.8) is 0 Å². The van der Waals surface area contributed by atoms with E-state index >= 15 is 0 Å². The van der Waals surface area contributed by atoms with Crippen molar-refractivity contribution < 1.29 is 18.4 Å². The molecule has 0 radical (unpaired) electrons. The zero-order chi connectivity index (χ0) is 18.7. The minimum Gasteiger partial charge on any atom is -0.349 e. The van der Waals surface area contributed by atoms with Crippen LogP contribution < -0.4 is 10.6 Å². The van der Waals surface area contributed by atoms with E-state index in [1.165, 1.54) is 6.07 Å². The maximum atomic E-state index is 13.3. The van der Waals surface area contributed by atoms with E-state index in [9.17, 15) is 23.6 Å². The van der Waals surface area contributed by atoms with Gasteiger partial charge in [0.05, 0.1) is 12.0 Å². The summed E-state index contributed by atoms with van der Waals surface area (Å²) in [5.41, 5.74) is 0.0153. The first-order valence-electron chi connectivity index (χ1n) is 8.95. The van der Waals surface area contributed by atoms with Crippen LogP contribution in [0.1, 0.15) is 48.9 Å². The Hall–Kier alpha value is -2.49. The van der Waals surface area contributed by atoms with E-state index in [4.69, 9.17) is 0 Å². The first-order chi connectivity index (χ1) is 12.5. The number of amides is 2. The van der Waals surface area contributed by atoms with Crippen LogP contribution in [0.5, 0.6) is 0 Å². The van der Waals surface area contributed by atoms with Gasteiger partial charge in [-0.1, -0.05) is 12.8 Å². The summed E-state index contributed by atoms with van der Waals surface area (Å²) in [5.74, 6) is -3.06. The van der Waals surface area contributed by atoms with Crippen molar-refractivity contribution in [2.24, 2.45) is 11.8 Å². The number of halogens is 2. The second-order valence-corrected chi connectivity index (χ2v) is 7.05. The quantitative estimate of drug-likeness (QED) is 0.846. The molecule has 2 aliphatic rings. The Balaban J connectivity index is 1.66. The van der Waals surface area contributed by atoms with Crippen molar-refractivity contribution in [3.05, 3.63) is 35.4 Å². The maximum absolute atomic E-state index is 13.3. The van der Waals surface area contributed by atoms with Crippen LogP contribution in [0.25, 0.3) is 0 Å². The van der Waals surface area contributed by atoms with E-state index in [-0.39, 0.29) is 23.4 Å². The first kappa shape index (κ1) is 18.3. The van der Waals surface area contributed by atoms with E-state index in [1.54, 1.807) is 0 Å². The van der Waals surface area contributed by atoms with Gasteiger partial charge < -0.3 is 10.6 Å². The molecule has 1 aromatic rings. The third-order valence-electron chi connectivity index (χ3n) is 5.13. The minimum absolute atomic E-state index is 0.0153. The number of rotatable bonds is 5. The number of carbonyl (C=O) groups excluding carboxylic acids is 2. The van der Waals surface area contributed by atoms with Crippen LogP contribution in [0, 0.1) is 34.8 Å². The van der Waals surface area contributed by atoms with E-state index in [0.717, 1.165) is 37.8 Å². The van der Waals surface area contributed by atoms with Crippen LogP contribution in [0.4, 0.5) is 8.78 Å². The largest absolute Gasteiger partial charge is 0.349 e. The van der Waals surface area contributed by atoms with Gasteiger partial charge in [0.2, 0.25) is 5.91 Å². The molecule has 3 unspecified atom stereocenters. The average molecular weight is 361 g/mol. The highest BCUT2D eigenvalue weighted by molar-refractivity contribution is 5.95. The Kier molecular flexibility index (Phi) is 5.50. The number of nitrogens with one attached hydrogen (secondary N) is 2. The van der Waals surface area contributed by atoms with Gasteiger partial charge in [0, 0.05) is 11.6 Å². The summed E-state index contributed by atoms with van der Waals surface area (Å²) < 4.78 is 26.4. The summed E-state index contributed by atoms with van der Waals surface area (Å²) in [6, 6.07) is 4.23. The number of hydrogen-bond acceptors (Lipinski definition) is 3. The predicted octanol–water partition coefficient (Wildman–Crippen LogP) is 2.67. The highest BCUT2D eigenvalue weighted by Gasteiger charge is 2.37. The van der Waals surface area contributed by atoms with Crippen molar-refractivity contribution in [1.29, 1.82) is 5.26 Å². The van der Waals surface area contributed by atoms with Crippen LogP contribution in [-0.4, -0.2) is 23.9 Å². The normalized spacial score (nSPS) is 23.6. The molecule has 5 nitrogen and oxygen atoms in total. The van der Waals surface area contributed by atoms with Gasteiger partial charge in [0.15, 0.2) is 11.6 Å². The summed E-state index contributed by atoms with van der Waals surface area (Å²) in [7, 11) is 0. The van der Waals surface area contributed by atoms with Crippen molar-refractivity contribution in [1.82, 2.24) is 10.6 Å². The third kappa shape index (κ3) is 4.18. The molecule has 2 amide bonds. The molecule has 138 valence electrons. The molecular formula is C19H21F2N3O2. The van der Waals surface area contributed by atoms with Gasteiger partial charge in [-0.05, 0) is 49.8 Å². The molecule has 1 aromatic carbocycles. The first-order valence-corrected chi connectivity index (χ1v) is 8.95. The maximum Gasteiger partial charge on any atom is 0.251 e. The molecule has 26 heavy (non-hydrogen) atoms. The predicted molar refractivity (Wildman–Crippen MR) is 89.8 cm³/mol. The molecule has 0 heterocycles. The smallest absolute Gasteiger partial charge is 0.251 e. The minimum atomic E-state index is -1.09. The Morgan fingerprint density at radius 2 is 1.85 bits per heavy atom. The van der Waals surface area contributed by atoms with Gasteiger partial charge in [-0.25, -0.2) is 8.78 Å². The summed E-state index contributed by atoms with van der Waals surface area (Å²) in [4.78, 5) is 25.0. The SMILES string of the molecule is N#CC(NC(=O)C1CCCCC1NC(=O)c1ccc(F)c(F)c1)C1CC1. The van der Waals surface area contributed by atoms with E-state index < -0.39 is 29.5 Å². The molecule has 3 atom stereocenters. The van der Waals surface area contributed by atoms with E-state index in [1.807, 2.05) is 0 Å². The zero-order valence-electron chi connectivity index (χ0n) is 14.3. The fraction of sp³-hybridized carbons (Fsp3) is 0.526. The summed E-state index contributed by atoms with van der Waals surface area (Å²) in [6.45, 7) is 0. The van der Waals surface area contributed by atoms with Gasteiger partial charge in [0.25, 0.3) is 5.91 Å². The molecule has 2 fully saturated rings. The van der Waals surface area contributed by atoms with Gasteiger partial charge in [-0.15, -0.1) is 0 Å². The Labute approximate surface area is 150 Å². The monoisotopic (exact) mass is 361 g/mol. The molecule has 2 N–H and O–H groups in total. The lowest BCUT2D eigenvalue weighted by atomic mass is 9.83. The summed E-state index contributed by atoms with van der Waals surface area (Å²) >= 11 is 0. The van der Waals surface area contributed by atoms with E-state index in [0.29, 0.717) is 12.8 Å². The van der Waals surface area contributed by atoms with Gasteiger partial charge in [-0.3, -0.25) is 9.59 Å². The zero-order valence-corrected chi connectivity index (χ0v) is 14.3. The topological polar surface area (TPSA) is 82.0 Å². The molecule has 2 aliphatic carbocycles. The Bertz CT molecular complexity index is 743. The van der Waals surface area contributed by atoms with Crippen LogP contribution >= 0.6 is 0 Å². The average Bonchev–Trinajstić information content (AvgIpc) is 3.47. The van der Waals surface area contributed by atoms with E-state index in [2.05, 4.69) is 16.7 Å². The Morgan fingerprint density at radius 1 is 1.12 bits per heavy atom. The molecule has 0 aromatic heterocycles. The van der Waals surface area contributed by atoms with Crippen molar-refractivity contribution in [3.8, 4) is 6.07 Å². The summed E-state index contributed by atoms with van der Waals surface area (Å²) in [5, 5.41) is 14.8. The second-order valence-electron chi connectivity index (χ2n) is 7.05. The fourth-order valence-electron chi connectivity index (χ4n) is 3.45. The highest BCUT2D eigenvalue weighted by atomic mass is 19.2. The molecule has 2 saturated carbocycles. The second kappa shape index (κ2) is 7.81. The molecule has 7 heteroatoms.